The maximum Gasteiger partial charge on any atom is 0.304 e. The first kappa shape index (κ1) is 16.0. The second-order valence-corrected chi connectivity index (χ2v) is 4.71. The number of hydrogen-bond acceptors (Lipinski definition) is 3. The highest BCUT2D eigenvalue weighted by molar-refractivity contribution is 5.94. The predicted molar refractivity (Wildman–Crippen MR) is 76.9 cm³/mol. The molecule has 0 saturated heterocycles. The highest BCUT2D eigenvalue weighted by Crippen LogP contribution is 2.17. The lowest BCUT2D eigenvalue weighted by Crippen LogP contribution is -2.22. The van der Waals surface area contributed by atoms with Gasteiger partial charge in [0.1, 0.15) is 5.75 Å². The fourth-order valence-electron chi connectivity index (χ4n) is 1.59. The summed E-state index contributed by atoms with van der Waals surface area (Å²) >= 11 is 0. The second kappa shape index (κ2) is 8.19. The van der Waals surface area contributed by atoms with Crippen molar-refractivity contribution in [3.05, 3.63) is 24.3 Å². The van der Waals surface area contributed by atoms with Crippen LogP contribution in [0.15, 0.2) is 24.3 Å². The first-order valence-electron chi connectivity index (χ1n) is 6.78. The molecule has 0 radical (unpaired) electrons. The van der Waals surface area contributed by atoms with Crippen LogP contribution in [0, 0.1) is 5.92 Å². The Bertz CT molecular complexity index is 442. The maximum atomic E-state index is 11.7. The van der Waals surface area contributed by atoms with Crippen molar-refractivity contribution in [3.8, 4) is 5.75 Å². The highest BCUT2D eigenvalue weighted by Gasteiger charge is 2.16. The molecule has 5 heteroatoms. The number of unbranched alkanes of at least 4 members (excludes halogenated alkanes) is 1. The first-order valence-corrected chi connectivity index (χ1v) is 6.78. The summed E-state index contributed by atoms with van der Waals surface area (Å²) in [4.78, 5) is 22.3. The van der Waals surface area contributed by atoms with E-state index in [1.54, 1.807) is 31.2 Å². The van der Waals surface area contributed by atoms with Gasteiger partial charge in [-0.15, -0.1) is 0 Å². The largest absolute Gasteiger partial charge is 0.494 e. The number of aliphatic carboxylic acids is 1. The standard InChI is InChI=1S/C15H21NO4/c1-3-4-9-20-13-7-5-12(6-8-13)16-15(19)11(2)10-14(17)18/h5-8,11H,3-4,9-10H2,1-2H3,(H,16,19)(H,17,18)/t11-/m0/s1. The van der Waals surface area contributed by atoms with Gasteiger partial charge in [0.2, 0.25) is 5.91 Å². The summed E-state index contributed by atoms with van der Waals surface area (Å²) in [6, 6.07) is 7.06. The predicted octanol–water partition coefficient (Wildman–Crippen LogP) is 2.91. The van der Waals surface area contributed by atoms with Gasteiger partial charge in [0.25, 0.3) is 0 Å². The monoisotopic (exact) mass is 279 g/mol. The lowest BCUT2D eigenvalue weighted by atomic mass is 10.1. The van der Waals surface area contributed by atoms with Gasteiger partial charge in [-0.05, 0) is 30.7 Å². The quantitative estimate of drug-likeness (QED) is 0.717. The average molecular weight is 279 g/mol. The van der Waals surface area contributed by atoms with Crippen LogP contribution in [-0.4, -0.2) is 23.6 Å². The van der Waals surface area contributed by atoms with Crippen molar-refractivity contribution in [1.82, 2.24) is 0 Å². The van der Waals surface area contributed by atoms with Crippen molar-refractivity contribution in [2.24, 2.45) is 5.92 Å². The van der Waals surface area contributed by atoms with Crippen LogP contribution in [0.4, 0.5) is 5.69 Å². The molecule has 0 spiro atoms. The third-order valence-electron chi connectivity index (χ3n) is 2.82. The number of rotatable bonds is 8. The molecule has 0 aliphatic rings. The van der Waals surface area contributed by atoms with Gasteiger partial charge in [-0.25, -0.2) is 0 Å². The van der Waals surface area contributed by atoms with Crippen LogP contribution in [0.1, 0.15) is 33.1 Å². The normalized spacial score (nSPS) is 11.7. The van der Waals surface area contributed by atoms with Crippen LogP contribution in [0.5, 0.6) is 5.75 Å². The van der Waals surface area contributed by atoms with Gasteiger partial charge in [0.05, 0.1) is 13.0 Å². The molecule has 1 aromatic carbocycles. The first-order chi connectivity index (χ1) is 9.52. The molecule has 0 aromatic heterocycles. The van der Waals surface area contributed by atoms with Crippen LogP contribution < -0.4 is 10.1 Å². The zero-order valence-corrected chi connectivity index (χ0v) is 11.9. The van der Waals surface area contributed by atoms with Crippen LogP contribution in [-0.2, 0) is 9.59 Å². The molecule has 0 fully saturated rings. The number of hydrogen-bond donors (Lipinski definition) is 2. The van der Waals surface area contributed by atoms with Crippen molar-refractivity contribution in [2.45, 2.75) is 33.1 Å². The van der Waals surface area contributed by atoms with E-state index in [1.807, 2.05) is 0 Å². The molecule has 0 heterocycles. The van der Waals surface area contributed by atoms with Crippen molar-refractivity contribution in [1.29, 1.82) is 0 Å². The number of carbonyl (C=O) groups excluding carboxylic acids is 1. The summed E-state index contributed by atoms with van der Waals surface area (Å²) in [6.07, 6.45) is 1.91. The molecule has 0 unspecified atom stereocenters. The van der Waals surface area contributed by atoms with E-state index in [0.717, 1.165) is 18.6 Å². The van der Waals surface area contributed by atoms with Crippen LogP contribution >= 0.6 is 0 Å². The number of nitrogens with one attached hydrogen (secondary N) is 1. The van der Waals surface area contributed by atoms with E-state index in [0.29, 0.717) is 12.3 Å². The van der Waals surface area contributed by atoms with Crippen LogP contribution in [0.2, 0.25) is 0 Å². The minimum atomic E-state index is -0.979. The Balaban J connectivity index is 2.48. The molecule has 2 N–H and O–H groups in total. The van der Waals surface area contributed by atoms with E-state index >= 15 is 0 Å². The van der Waals surface area contributed by atoms with Crippen LogP contribution in [0.25, 0.3) is 0 Å². The molecular weight excluding hydrogens is 258 g/mol. The third-order valence-corrected chi connectivity index (χ3v) is 2.82. The Morgan fingerprint density at radius 1 is 1.30 bits per heavy atom. The molecule has 0 saturated carbocycles. The Labute approximate surface area is 118 Å². The fraction of sp³-hybridized carbons (Fsp3) is 0.467. The van der Waals surface area contributed by atoms with Crippen molar-refractivity contribution in [2.75, 3.05) is 11.9 Å². The molecule has 0 aliphatic carbocycles. The van der Waals surface area contributed by atoms with Crippen molar-refractivity contribution >= 4 is 17.6 Å². The number of amides is 1. The summed E-state index contributed by atoms with van der Waals surface area (Å²) in [5.41, 5.74) is 0.634. The lowest BCUT2D eigenvalue weighted by Gasteiger charge is -2.11. The molecular formula is C15H21NO4. The topological polar surface area (TPSA) is 75.6 Å². The molecule has 1 aromatic rings. The van der Waals surface area contributed by atoms with Gasteiger partial charge in [0.15, 0.2) is 0 Å². The van der Waals surface area contributed by atoms with E-state index in [2.05, 4.69) is 12.2 Å². The SMILES string of the molecule is CCCCOc1ccc(NC(=O)[C@@H](C)CC(=O)O)cc1. The Morgan fingerprint density at radius 3 is 2.50 bits per heavy atom. The average Bonchev–Trinajstić information content (AvgIpc) is 2.40. The van der Waals surface area contributed by atoms with E-state index in [-0.39, 0.29) is 12.3 Å². The molecule has 110 valence electrons. The number of ether oxygens (including phenoxy) is 1. The van der Waals surface area contributed by atoms with Gasteiger partial charge in [-0.1, -0.05) is 20.3 Å². The fourth-order valence-corrected chi connectivity index (χ4v) is 1.59. The number of carboxylic acid groups (broad SMARTS) is 1. The summed E-state index contributed by atoms with van der Waals surface area (Å²) < 4.78 is 5.52. The summed E-state index contributed by atoms with van der Waals surface area (Å²) in [7, 11) is 0. The summed E-state index contributed by atoms with van der Waals surface area (Å²) in [5.74, 6) is -1.08. The molecule has 1 amide bonds. The molecule has 0 bridgehead atoms. The summed E-state index contributed by atoms with van der Waals surface area (Å²) in [6.45, 7) is 4.36. The zero-order chi connectivity index (χ0) is 15.0. The Kier molecular flexibility index (Phi) is 6.56. The Morgan fingerprint density at radius 2 is 1.95 bits per heavy atom. The molecule has 5 nitrogen and oxygen atoms in total. The van der Waals surface area contributed by atoms with Gasteiger partial charge in [-0.2, -0.15) is 0 Å². The van der Waals surface area contributed by atoms with Gasteiger partial charge < -0.3 is 15.2 Å². The van der Waals surface area contributed by atoms with E-state index in [4.69, 9.17) is 9.84 Å². The highest BCUT2D eigenvalue weighted by atomic mass is 16.5. The number of carboxylic acids is 1. The second-order valence-electron chi connectivity index (χ2n) is 4.71. The minimum absolute atomic E-state index is 0.177. The zero-order valence-electron chi connectivity index (χ0n) is 11.9. The van der Waals surface area contributed by atoms with E-state index < -0.39 is 11.9 Å². The number of benzene rings is 1. The summed E-state index contributed by atoms with van der Waals surface area (Å²) in [5, 5.41) is 11.3. The van der Waals surface area contributed by atoms with E-state index in [1.165, 1.54) is 0 Å². The third kappa shape index (κ3) is 5.73. The van der Waals surface area contributed by atoms with Gasteiger partial charge in [0, 0.05) is 11.6 Å². The Hall–Kier alpha value is -2.04. The van der Waals surface area contributed by atoms with Crippen LogP contribution in [0.3, 0.4) is 0 Å². The number of carbonyl (C=O) groups is 2. The van der Waals surface area contributed by atoms with Gasteiger partial charge in [-0.3, -0.25) is 9.59 Å². The maximum absolute atomic E-state index is 11.7. The van der Waals surface area contributed by atoms with E-state index in [9.17, 15) is 9.59 Å². The number of anilines is 1. The molecule has 20 heavy (non-hydrogen) atoms. The minimum Gasteiger partial charge on any atom is -0.494 e. The van der Waals surface area contributed by atoms with Crippen molar-refractivity contribution in [3.63, 3.8) is 0 Å². The molecule has 1 atom stereocenters. The molecule has 1 rings (SSSR count). The van der Waals surface area contributed by atoms with Gasteiger partial charge >= 0.3 is 5.97 Å². The van der Waals surface area contributed by atoms with Crippen molar-refractivity contribution < 1.29 is 19.4 Å². The lowest BCUT2D eigenvalue weighted by molar-refractivity contribution is -0.139. The smallest absolute Gasteiger partial charge is 0.304 e. The molecule has 0 aliphatic heterocycles.